The summed E-state index contributed by atoms with van der Waals surface area (Å²) in [4.78, 5) is 12.0. The monoisotopic (exact) mass is 262 g/mol. The Kier molecular flexibility index (Phi) is 3.81. The van der Waals surface area contributed by atoms with E-state index in [4.69, 9.17) is 4.42 Å². The van der Waals surface area contributed by atoms with Crippen molar-refractivity contribution in [2.24, 2.45) is 0 Å². The van der Waals surface area contributed by atoms with Crippen LogP contribution in [0, 0.1) is 20.8 Å². The summed E-state index contributed by atoms with van der Waals surface area (Å²) < 4.78 is 5.21. The Morgan fingerprint density at radius 2 is 2.06 bits per heavy atom. The van der Waals surface area contributed by atoms with Gasteiger partial charge in [-0.15, -0.1) is 10.2 Å². The maximum absolute atomic E-state index is 12.0. The maximum Gasteiger partial charge on any atom is 0.277 e. The number of Topliss-reactive ketones (excluding diaryl/α,β-unsaturated/α-hetero) is 1. The molecular weight excluding hydrogens is 248 g/mol. The molecule has 0 N–H and O–H groups in total. The average Bonchev–Trinajstić information content (AvgIpc) is 2.72. The van der Waals surface area contributed by atoms with Gasteiger partial charge in [-0.3, -0.25) is 4.79 Å². The molecule has 0 radical (unpaired) electrons. The number of carbonyl (C=O) groups excluding carboxylic acids is 1. The van der Waals surface area contributed by atoms with Crippen LogP contribution in [0.1, 0.15) is 27.4 Å². The lowest BCUT2D eigenvalue weighted by Gasteiger charge is -2.04. The van der Waals surface area contributed by atoms with Gasteiger partial charge >= 0.3 is 0 Å². The zero-order valence-corrected chi connectivity index (χ0v) is 11.4. The van der Waals surface area contributed by atoms with Crippen molar-refractivity contribution >= 4 is 17.5 Å². The van der Waals surface area contributed by atoms with Crippen LogP contribution in [0.2, 0.25) is 0 Å². The number of hydrogen-bond donors (Lipinski definition) is 0. The van der Waals surface area contributed by atoms with Gasteiger partial charge in [-0.2, -0.15) is 0 Å². The third kappa shape index (κ3) is 2.98. The van der Waals surface area contributed by atoms with E-state index in [9.17, 15) is 4.79 Å². The molecule has 0 amide bonds. The molecule has 5 heteroatoms. The summed E-state index contributed by atoms with van der Waals surface area (Å²) in [5.41, 5.74) is 2.91. The van der Waals surface area contributed by atoms with Crippen LogP contribution in [0.15, 0.2) is 27.8 Å². The molecule has 94 valence electrons. The highest BCUT2D eigenvalue weighted by Crippen LogP contribution is 2.19. The van der Waals surface area contributed by atoms with Crippen LogP contribution in [0.5, 0.6) is 0 Å². The van der Waals surface area contributed by atoms with Crippen LogP contribution >= 0.6 is 11.8 Å². The summed E-state index contributed by atoms with van der Waals surface area (Å²) in [6.07, 6.45) is 0. The van der Waals surface area contributed by atoms with Gasteiger partial charge in [-0.25, -0.2) is 0 Å². The highest BCUT2D eigenvalue weighted by atomic mass is 32.2. The van der Waals surface area contributed by atoms with E-state index in [1.54, 1.807) is 6.92 Å². The first-order valence-electron chi connectivity index (χ1n) is 5.59. The van der Waals surface area contributed by atoms with Gasteiger partial charge in [0.1, 0.15) is 0 Å². The van der Waals surface area contributed by atoms with E-state index in [1.165, 1.54) is 11.8 Å². The largest absolute Gasteiger partial charge is 0.416 e. The number of carbonyl (C=O) groups is 1. The second-order valence-corrected chi connectivity index (χ2v) is 5.04. The van der Waals surface area contributed by atoms with Crippen LogP contribution in [0.4, 0.5) is 0 Å². The lowest BCUT2D eigenvalue weighted by atomic mass is 10.0. The molecule has 0 atom stereocenters. The second-order valence-electron chi connectivity index (χ2n) is 4.12. The number of hydrogen-bond acceptors (Lipinski definition) is 5. The van der Waals surface area contributed by atoms with Gasteiger partial charge in [0.25, 0.3) is 5.22 Å². The topological polar surface area (TPSA) is 56.0 Å². The van der Waals surface area contributed by atoms with E-state index in [1.807, 2.05) is 32.0 Å². The fourth-order valence-electron chi connectivity index (χ4n) is 1.67. The molecule has 1 aromatic heterocycles. The van der Waals surface area contributed by atoms with Gasteiger partial charge in [-0.1, -0.05) is 35.5 Å². The normalized spacial score (nSPS) is 10.6. The predicted molar refractivity (Wildman–Crippen MR) is 70.0 cm³/mol. The highest BCUT2D eigenvalue weighted by molar-refractivity contribution is 7.99. The summed E-state index contributed by atoms with van der Waals surface area (Å²) in [5.74, 6) is 0.899. The number of rotatable bonds is 4. The van der Waals surface area contributed by atoms with E-state index >= 15 is 0 Å². The van der Waals surface area contributed by atoms with Crippen molar-refractivity contribution in [1.29, 1.82) is 0 Å². The van der Waals surface area contributed by atoms with E-state index in [0.29, 0.717) is 16.9 Å². The van der Waals surface area contributed by atoms with Crippen molar-refractivity contribution in [3.8, 4) is 0 Å². The number of benzene rings is 1. The van der Waals surface area contributed by atoms with Gasteiger partial charge < -0.3 is 4.42 Å². The molecule has 18 heavy (non-hydrogen) atoms. The minimum Gasteiger partial charge on any atom is -0.416 e. The minimum absolute atomic E-state index is 0.0772. The average molecular weight is 262 g/mol. The molecule has 0 fully saturated rings. The first-order valence-corrected chi connectivity index (χ1v) is 6.58. The molecule has 0 aliphatic carbocycles. The first kappa shape index (κ1) is 12.8. The van der Waals surface area contributed by atoms with E-state index in [0.717, 1.165) is 16.7 Å². The molecule has 2 rings (SSSR count). The number of thioether (sulfide) groups is 1. The van der Waals surface area contributed by atoms with Crippen molar-refractivity contribution < 1.29 is 9.21 Å². The predicted octanol–water partition coefficient (Wildman–Crippen LogP) is 2.97. The summed E-state index contributed by atoms with van der Waals surface area (Å²) in [5, 5.41) is 8.00. The van der Waals surface area contributed by atoms with Gasteiger partial charge in [0.2, 0.25) is 5.89 Å². The Bertz CT molecular complexity index is 578. The van der Waals surface area contributed by atoms with Crippen LogP contribution < -0.4 is 0 Å². The zero-order valence-electron chi connectivity index (χ0n) is 10.6. The smallest absolute Gasteiger partial charge is 0.277 e. The van der Waals surface area contributed by atoms with Crippen molar-refractivity contribution in [3.63, 3.8) is 0 Å². The Morgan fingerprint density at radius 3 is 2.67 bits per heavy atom. The van der Waals surface area contributed by atoms with E-state index in [2.05, 4.69) is 10.2 Å². The molecule has 0 aliphatic rings. The highest BCUT2D eigenvalue weighted by Gasteiger charge is 2.12. The van der Waals surface area contributed by atoms with Gasteiger partial charge in [-0.05, 0) is 19.4 Å². The summed E-state index contributed by atoms with van der Waals surface area (Å²) in [7, 11) is 0. The van der Waals surface area contributed by atoms with Gasteiger partial charge in [0.05, 0.1) is 5.75 Å². The Hall–Kier alpha value is -1.62. The molecule has 0 bridgehead atoms. The number of ketones is 1. The van der Waals surface area contributed by atoms with Crippen molar-refractivity contribution in [2.45, 2.75) is 26.0 Å². The van der Waals surface area contributed by atoms with Crippen molar-refractivity contribution in [3.05, 3.63) is 40.8 Å². The van der Waals surface area contributed by atoms with Crippen molar-refractivity contribution in [1.82, 2.24) is 10.2 Å². The fraction of sp³-hybridized carbons (Fsp3) is 0.308. The van der Waals surface area contributed by atoms with Crippen LogP contribution in [-0.4, -0.2) is 21.7 Å². The molecule has 1 aromatic carbocycles. The second kappa shape index (κ2) is 5.35. The Balaban J connectivity index is 2.03. The van der Waals surface area contributed by atoms with Gasteiger partial charge in [0.15, 0.2) is 5.78 Å². The van der Waals surface area contributed by atoms with E-state index in [-0.39, 0.29) is 5.78 Å². The summed E-state index contributed by atoms with van der Waals surface area (Å²) in [6, 6.07) is 5.82. The molecule has 0 saturated carbocycles. The molecule has 2 aromatic rings. The summed E-state index contributed by atoms with van der Waals surface area (Å²) >= 11 is 1.27. The molecule has 0 spiro atoms. The molecule has 0 saturated heterocycles. The third-order valence-corrected chi connectivity index (χ3v) is 3.34. The quantitative estimate of drug-likeness (QED) is 0.626. The molecular formula is C13H14N2O2S. The maximum atomic E-state index is 12.0. The standard InChI is InChI=1S/C13H14N2O2S/c1-8-4-5-11(9(2)6-8)12(16)7-18-13-15-14-10(3)17-13/h4-6H,7H2,1-3H3. The Labute approximate surface area is 110 Å². The molecule has 1 heterocycles. The van der Waals surface area contributed by atoms with Crippen molar-refractivity contribution in [2.75, 3.05) is 5.75 Å². The lowest BCUT2D eigenvalue weighted by Crippen LogP contribution is -2.04. The third-order valence-electron chi connectivity index (χ3n) is 2.52. The minimum atomic E-state index is 0.0772. The lowest BCUT2D eigenvalue weighted by molar-refractivity contribution is 0.102. The molecule has 0 aliphatic heterocycles. The molecule has 0 unspecified atom stereocenters. The number of aromatic nitrogens is 2. The molecule has 4 nitrogen and oxygen atoms in total. The Morgan fingerprint density at radius 1 is 1.28 bits per heavy atom. The number of nitrogens with zero attached hydrogens (tertiary/aromatic N) is 2. The zero-order chi connectivity index (χ0) is 13.1. The number of aryl methyl sites for hydroxylation is 3. The van der Waals surface area contributed by atoms with E-state index < -0.39 is 0 Å². The SMILES string of the molecule is Cc1ccc(C(=O)CSc2nnc(C)o2)c(C)c1. The first-order chi connectivity index (χ1) is 8.56. The summed E-state index contributed by atoms with van der Waals surface area (Å²) in [6.45, 7) is 5.68. The van der Waals surface area contributed by atoms with Crippen LogP contribution in [0.3, 0.4) is 0 Å². The van der Waals surface area contributed by atoms with Crippen LogP contribution in [-0.2, 0) is 0 Å². The fourth-order valence-corrected chi connectivity index (χ4v) is 2.36. The van der Waals surface area contributed by atoms with Crippen LogP contribution in [0.25, 0.3) is 0 Å². The van der Waals surface area contributed by atoms with Gasteiger partial charge in [0, 0.05) is 12.5 Å².